The Hall–Kier alpha value is -1.75. The van der Waals surface area contributed by atoms with E-state index in [2.05, 4.69) is 5.32 Å². The van der Waals surface area contributed by atoms with E-state index in [1.54, 1.807) is 7.11 Å². The zero-order valence-electron chi connectivity index (χ0n) is 9.36. The minimum absolute atomic E-state index is 0.0670. The van der Waals surface area contributed by atoms with Gasteiger partial charge in [0.1, 0.15) is 11.8 Å². The highest BCUT2D eigenvalue weighted by atomic mass is 16.5. The monoisotopic (exact) mass is 221 g/mol. The number of hydrogen-bond acceptors (Lipinski definition) is 4. The summed E-state index contributed by atoms with van der Waals surface area (Å²) in [5, 5.41) is 2.83. The fraction of sp³-hybridized carbons (Fsp3) is 0.364. The fourth-order valence-electron chi connectivity index (χ4n) is 1.86. The Labute approximate surface area is 94.2 Å². The summed E-state index contributed by atoms with van der Waals surface area (Å²) in [6.45, 7) is 0.291. The molecule has 5 nitrogen and oxygen atoms in total. The Morgan fingerprint density at radius 1 is 1.56 bits per heavy atom. The molecule has 0 saturated heterocycles. The molecule has 1 aliphatic rings. The average molecular weight is 221 g/mol. The quantitative estimate of drug-likeness (QED) is 0.759. The molecule has 0 bridgehead atoms. The van der Waals surface area contributed by atoms with Crippen molar-refractivity contribution in [3.63, 3.8) is 0 Å². The summed E-state index contributed by atoms with van der Waals surface area (Å²) in [7, 11) is 3.47. The lowest BCUT2D eigenvalue weighted by atomic mass is 10.1. The maximum Gasteiger partial charge on any atom is 0.248 e. The smallest absolute Gasteiger partial charge is 0.248 e. The Kier molecular flexibility index (Phi) is 2.70. The molecular weight excluding hydrogens is 206 g/mol. The maximum absolute atomic E-state index is 11.7. The van der Waals surface area contributed by atoms with Gasteiger partial charge in [0, 0.05) is 19.7 Å². The van der Waals surface area contributed by atoms with Gasteiger partial charge < -0.3 is 20.7 Å². The van der Waals surface area contributed by atoms with Gasteiger partial charge in [-0.2, -0.15) is 0 Å². The second-order valence-electron chi connectivity index (χ2n) is 3.73. The van der Waals surface area contributed by atoms with Crippen molar-refractivity contribution in [2.24, 2.45) is 5.73 Å². The molecule has 1 atom stereocenters. The molecular formula is C11H15N3O2. The van der Waals surface area contributed by atoms with Crippen LogP contribution in [0.5, 0.6) is 5.75 Å². The predicted octanol–water partition coefficient (Wildman–Crippen LogP) is 0.411. The van der Waals surface area contributed by atoms with Gasteiger partial charge in [0.15, 0.2) is 0 Å². The lowest BCUT2D eigenvalue weighted by Gasteiger charge is -2.34. The van der Waals surface area contributed by atoms with E-state index in [1.165, 1.54) is 0 Å². The summed E-state index contributed by atoms with van der Waals surface area (Å²) in [4.78, 5) is 13.6. The van der Waals surface area contributed by atoms with Crippen LogP contribution in [-0.2, 0) is 4.79 Å². The van der Waals surface area contributed by atoms with Gasteiger partial charge in [0.25, 0.3) is 0 Å². The highest BCUT2D eigenvalue weighted by Gasteiger charge is 2.29. The number of benzene rings is 1. The van der Waals surface area contributed by atoms with Gasteiger partial charge in [-0.3, -0.25) is 4.79 Å². The van der Waals surface area contributed by atoms with Crippen LogP contribution in [0.3, 0.4) is 0 Å². The number of methoxy groups -OCH3 is 1. The number of nitrogens with two attached hydrogens (primary N) is 1. The van der Waals surface area contributed by atoms with Gasteiger partial charge >= 0.3 is 0 Å². The van der Waals surface area contributed by atoms with E-state index in [1.807, 2.05) is 30.1 Å². The Balaban J connectivity index is 2.43. The molecule has 86 valence electrons. The molecule has 16 heavy (non-hydrogen) atoms. The standard InChI is InChI=1S/C11H15N3O2/c1-14-9-5-7(16-2)3-4-8(9)13-11(15)10(14)6-12/h3-5,10H,6,12H2,1-2H3,(H,13,15). The van der Waals surface area contributed by atoms with Gasteiger partial charge in [-0.1, -0.05) is 0 Å². The lowest BCUT2D eigenvalue weighted by molar-refractivity contribution is -0.117. The van der Waals surface area contributed by atoms with Crippen LogP contribution in [0.1, 0.15) is 0 Å². The van der Waals surface area contributed by atoms with E-state index in [9.17, 15) is 4.79 Å². The van der Waals surface area contributed by atoms with Gasteiger partial charge in [-0.15, -0.1) is 0 Å². The van der Waals surface area contributed by atoms with E-state index in [0.29, 0.717) is 6.54 Å². The third-order valence-electron chi connectivity index (χ3n) is 2.84. The summed E-state index contributed by atoms with van der Waals surface area (Å²) in [5.41, 5.74) is 7.29. The molecule has 0 aromatic heterocycles. The van der Waals surface area contributed by atoms with Crippen molar-refractivity contribution >= 4 is 17.3 Å². The Morgan fingerprint density at radius 3 is 2.94 bits per heavy atom. The number of carbonyl (C=O) groups excluding carboxylic acids is 1. The summed E-state index contributed by atoms with van der Waals surface area (Å²) >= 11 is 0. The first-order valence-electron chi connectivity index (χ1n) is 5.09. The summed E-state index contributed by atoms with van der Waals surface area (Å²) in [5.74, 6) is 0.695. The molecule has 1 unspecified atom stereocenters. The van der Waals surface area contributed by atoms with E-state index in [0.717, 1.165) is 17.1 Å². The first-order chi connectivity index (χ1) is 7.67. The Bertz CT molecular complexity index is 420. The number of ether oxygens (including phenoxy) is 1. The summed E-state index contributed by atoms with van der Waals surface area (Å²) in [6, 6.07) is 5.21. The van der Waals surface area contributed by atoms with Crippen LogP contribution >= 0.6 is 0 Å². The zero-order chi connectivity index (χ0) is 11.7. The minimum atomic E-state index is -0.320. The van der Waals surface area contributed by atoms with Crippen LogP contribution in [0, 0.1) is 0 Å². The van der Waals surface area contributed by atoms with Crippen molar-refractivity contribution in [3.8, 4) is 5.75 Å². The summed E-state index contributed by atoms with van der Waals surface area (Å²) < 4.78 is 5.15. The number of rotatable bonds is 2. The third-order valence-corrected chi connectivity index (χ3v) is 2.84. The van der Waals surface area contributed by atoms with Crippen LogP contribution < -0.4 is 20.7 Å². The van der Waals surface area contributed by atoms with Gasteiger partial charge in [-0.25, -0.2) is 0 Å². The van der Waals surface area contributed by atoms with Crippen molar-refractivity contribution in [2.75, 3.05) is 30.9 Å². The van der Waals surface area contributed by atoms with Gasteiger partial charge in [-0.05, 0) is 12.1 Å². The normalized spacial score (nSPS) is 19.1. The number of likely N-dealkylation sites (N-methyl/N-ethyl adjacent to an activating group) is 1. The van der Waals surface area contributed by atoms with E-state index in [4.69, 9.17) is 10.5 Å². The number of amides is 1. The third kappa shape index (κ3) is 1.59. The fourth-order valence-corrected chi connectivity index (χ4v) is 1.86. The number of nitrogens with zero attached hydrogens (tertiary/aromatic N) is 1. The first-order valence-corrected chi connectivity index (χ1v) is 5.09. The van der Waals surface area contributed by atoms with Crippen LogP contribution in [0.15, 0.2) is 18.2 Å². The second kappa shape index (κ2) is 4.02. The molecule has 0 fully saturated rings. The number of hydrogen-bond donors (Lipinski definition) is 2. The van der Waals surface area contributed by atoms with Crippen molar-refractivity contribution < 1.29 is 9.53 Å². The lowest BCUT2D eigenvalue weighted by Crippen LogP contribution is -2.50. The van der Waals surface area contributed by atoms with Crippen LogP contribution in [0.25, 0.3) is 0 Å². The van der Waals surface area contributed by atoms with Crippen molar-refractivity contribution in [2.45, 2.75) is 6.04 Å². The minimum Gasteiger partial charge on any atom is -0.497 e. The van der Waals surface area contributed by atoms with Crippen LogP contribution in [0.2, 0.25) is 0 Å². The predicted molar refractivity (Wildman–Crippen MR) is 62.9 cm³/mol. The molecule has 1 aromatic rings. The van der Waals surface area contributed by atoms with Gasteiger partial charge in [0.05, 0.1) is 18.5 Å². The van der Waals surface area contributed by atoms with Crippen LogP contribution in [-0.4, -0.2) is 32.7 Å². The molecule has 0 saturated carbocycles. The number of carbonyl (C=O) groups is 1. The molecule has 0 radical (unpaired) electrons. The van der Waals surface area contributed by atoms with Crippen molar-refractivity contribution in [1.82, 2.24) is 0 Å². The molecule has 1 amide bonds. The average Bonchev–Trinajstić information content (AvgIpc) is 2.29. The zero-order valence-corrected chi connectivity index (χ0v) is 9.36. The van der Waals surface area contributed by atoms with Crippen molar-refractivity contribution in [1.29, 1.82) is 0 Å². The van der Waals surface area contributed by atoms with Crippen LogP contribution in [0.4, 0.5) is 11.4 Å². The molecule has 1 aromatic carbocycles. The maximum atomic E-state index is 11.7. The van der Waals surface area contributed by atoms with E-state index < -0.39 is 0 Å². The van der Waals surface area contributed by atoms with Crippen molar-refractivity contribution in [3.05, 3.63) is 18.2 Å². The first kappa shape index (κ1) is 10.8. The molecule has 3 N–H and O–H groups in total. The summed E-state index contributed by atoms with van der Waals surface area (Å²) in [6.07, 6.45) is 0. The number of fused-ring (bicyclic) bond motifs is 1. The molecule has 5 heteroatoms. The number of anilines is 2. The SMILES string of the molecule is COc1ccc2c(c1)N(C)C(CN)C(=O)N2. The molecule has 0 spiro atoms. The molecule has 1 aliphatic heterocycles. The van der Waals surface area contributed by atoms with E-state index in [-0.39, 0.29) is 11.9 Å². The largest absolute Gasteiger partial charge is 0.497 e. The highest BCUT2D eigenvalue weighted by molar-refractivity contribution is 6.03. The molecule has 0 aliphatic carbocycles. The van der Waals surface area contributed by atoms with Gasteiger partial charge in [0.2, 0.25) is 5.91 Å². The second-order valence-corrected chi connectivity index (χ2v) is 3.73. The Morgan fingerprint density at radius 2 is 2.31 bits per heavy atom. The molecule has 2 rings (SSSR count). The molecule has 1 heterocycles. The number of nitrogens with one attached hydrogen (secondary N) is 1. The topological polar surface area (TPSA) is 67.6 Å². The highest BCUT2D eigenvalue weighted by Crippen LogP contribution is 2.33. The van der Waals surface area contributed by atoms with E-state index >= 15 is 0 Å².